The molecule has 7 nitrogen and oxygen atoms in total. The van der Waals surface area contributed by atoms with E-state index in [2.05, 4.69) is 4.99 Å². The van der Waals surface area contributed by atoms with Crippen LogP contribution in [0, 0.1) is 0 Å². The molecule has 2 aliphatic heterocycles. The van der Waals surface area contributed by atoms with E-state index in [-0.39, 0.29) is 18.3 Å². The summed E-state index contributed by atoms with van der Waals surface area (Å²) in [7, 11) is 0. The Hall–Kier alpha value is -2.93. The Kier molecular flexibility index (Phi) is 6.72. The van der Waals surface area contributed by atoms with E-state index in [4.69, 9.17) is 4.74 Å². The average Bonchev–Trinajstić information content (AvgIpc) is 2.73. The van der Waals surface area contributed by atoms with Gasteiger partial charge in [-0.2, -0.15) is 0 Å². The van der Waals surface area contributed by atoms with Crippen molar-refractivity contribution in [2.45, 2.75) is 52.2 Å². The van der Waals surface area contributed by atoms with Gasteiger partial charge in [0.25, 0.3) is 5.91 Å². The summed E-state index contributed by atoms with van der Waals surface area (Å²) < 4.78 is 5.47. The number of carbonyl (C=O) groups is 2. The Bertz CT molecular complexity index is 881. The molecular weight excluding hydrogens is 382 g/mol. The van der Waals surface area contributed by atoms with E-state index in [0.717, 1.165) is 29.6 Å². The maximum atomic E-state index is 12.7. The van der Waals surface area contributed by atoms with Crippen LogP contribution >= 0.6 is 0 Å². The van der Waals surface area contributed by atoms with Crippen LogP contribution in [-0.2, 0) is 16.1 Å². The van der Waals surface area contributed by atoms with E-state index in [9.17, 15) is 14.8 Å². The Balaban J connectivity index is 1.71. The first-order valence-corrected chi connectivity index (χ1v) is 10.2. The molecule has 7 heteroatoms. The highest BCUT2D eigenvalue weighted by molar-refractivity contribution is 6.43. The molecule has 30 heavy (non-hydrogen) atoms. The molecule has 0 saturated heterocycles. The second-order valence-electron chi connectivity index (χ2n) is 8.47. The average molecular weight is 412 g/mol. The van der Waals surface area contributed by atoms with Gasteiger partial charge in [-0.1, -0.05) is 30.3 Å². The summed E-state index contributed by atoms with van der Waals surface area (Å²) >= 11 is 0. The summed E-state index contributed by atoms with van der Waals surface area (Å²) in [4.78, 5) is 30.9. The predicted octanol–water partition coefficient (Wildman–Crippen LogP) is 4.09. The highest BCUT2D eigenvalue weighted by Gasteiger charge is 2.26. The van der Waals surface area contributed by atoms with Crippen molar-refractivity contribution in [1.29, 1.82) is 0 Å². The number of nitrogens with zero attached hydrogens (tertiary/aromatic N) is 3. The monoisotopic (exact) mass is 411 g/mol. The Morgan fingerprint density at radius 2 is 1.90 bits per heavy atom. The number of carbonyl (C=O) groups excluding carboxylic acids is 2. The van der Waals surface area contributed by atoms with Crippen molar-refractivity contribution in [3.05, 3.63) is 59.3 Å². The van der Waals surface area contributed by atoms with Gasteiger partial charge in [-0.05, 0) is 62.8 Å². The van der Waals surface area contributed by atoms with E-state index < -0.39 is 11.5 Å². The van der Waals surface area contributed by atoms with Crippen LogP contribution < -0.4 is 0 Å². The normalized spacial score (nSPS) is 16.9. The number of aliphatic imine (C=N–C) groups is 1. The van der Waals surface area contributed by atoms with Crippen LogP contribution in [0.3, 0.4) is 0 Å². The SMILES string of the molecule is CC(C)(C)OC(=O)N1C=C(C2=CC(C(=O)N(O)Cc3ccccc3)=NCC2)CCC1. The quantitative estimate of drug-likeness (QED) is 0.598. The zero-order valence-electron chi connectivity index (χ0n) is 17.8. The summed E-state index contributed by atoms with van der Waals surface area (Å²) in [6.45, 7) is 6.69. The van der Waals surface area contributed by atoms with Crippen LogP contribution in [0.4, 0.5) is 4.79 Å². The lowest BCUT2D eigenvalue weighted by atomic mass is 9.94. The van der Waals surface area contributed by atoms with Gasteiger partial charge in [0.15, 0.2) is 0 Å². The first kappa shape index (κ1) is 21.8. The number of rotatable bonds is 4. The van der Waals surface area contributed by atoms with Gasteiger partial charge in [0.05, 0.1) is 6.54 Å². The molecular formula is C23H29N3O4. The number of hydrogen-bond acceptors (Lipinski definition) is 5. The number of allylic oxidation sites excluding steroid dienone is 1. The van der Waals surface area contributed by atoms with Crippen LogP contribution in [-0.4, -0.2) is 51.6 Å². The highest BCUT2D eigenvalue weighted by Crippen LogP contribution is 2.27. The summed E-state index contributed by atoms with van der Waals surface area (Å²) in [5.74, 6) is -0.531. The van der Waals surface area contributed by atoms with Gasteiger partial charge in [-0.15, -0.1) is 0 Å². The largest absolute Gasteiger partial charge is 0.443 e. The van der Waals surface area contributed by atoms with Crippen LogP contribution in [0.2, 0.25) is 0 Å². The number of hydroxylamine groups is 2. The number of ether oxygens (including phenoxy) is 1. The standard InChI is InChI=1S/C23H29N3O4/c1-23(2,3)30-22(28)25-13-7-10-19(16-25)18-11-12-24-20(14-18)21(27)26(29)15-17-8-5-4-6-9-17/h4-6,8-9,14,16,29H,7,10-13,15H2,1-3H3. The Morgan fingerprint density at radius 1 is 1.17 bits per heavy atom. The van der Waals surface area contributed by atoms with Crippen molar-refractivity contribution in [2.24, 2.45) is 4.99 Å². The third-order valence-electron chi connectivity index (χ3n) is 4.80. The molecule has 2 amide bonds. The first-order chi connectivity index (χ1) is 14.2. The van der Waals surface area contributed by atoms with Crippen LogP contribution in [0.25, 0.3) is 0 Å². The predicted molar refractivity (Wildman–Crippen MR) is 114 cm³/mol. The number of benzene rings is 1. The maximum absolute atomic E-state index is 12.7. The van der Waals surface area contributed by atoms with Gasteiger partial charge in [0.2, 0.25) is 0 Å². The molecule has 1 aromatic rings. The minimum atomic E-state index is -0.553. The van der Waals surface area contributed by atoms with E-state index >= 15 is 0 Å². The minimum absolute atomic E-state index is 0.0942. The van der Waals surface area contributed by atoms with Gasteiger partial charge >= 0.3 is 6.09 Å². The molecule has 0 fully saturated rings. The molecule has 2 heterocycles. The molecule has 0 aliphatic carbocycles. The smallest absolute Gasteiger partial charge is 0.414 e. The third-order valence-corrected chi connectivity index (χ3v) is 4.80. The molecule has 0 bridgehead atoms. The molecule has 160 valence electrons. The lowest BCUT2D eigenvalue weighted by Crippen LogP contribution is -2.36. The molecule has 0 saturated carbocycles. The van der Waals surface area contributed by atoms with Crippen molar-refractivity contribution in [3.8, 4) is 0 Å². The number of hydrogen-bond donors (Lipinski definition) is 1. The van der Waals surface area contributed by atoms with Crippen LogP contribution in [0.1, 0.15) is 45.6 Å². The molecule has 2 aliphatic rings. The molecule has 3 rings (SSSR count). The summed E-state index contributed by atoms with van der Waals surface area (Å²) in [6, 6.07) is 9.29. The third kappa shape index (κ3) is 5.79. The fourth-order valence-corrected chi connectivity index (χ4v) is 3.39. The van der Waals surface area contributed by atoms with E-state index in [0.29, 0.717) is 24.6 Å². The fourth-order valence-electron chi connectivity index (χ4n) is 3.39. The molecule has 1 N–H and O–H groups in total. The van der Waals surface area contributed by atoms with Crippen molar-refractivity contribution < 1.29 is 19.5 Å². The Labute approximate surface area is 177 Å². The Morgan fingerprint density at radius 3 is 2.60 bits per heavy atom. The zero-order valence-corrected chi connectivity index (χ0v) is 17.8. The van der Waals surface area contributed by atoms with Gasteiger partial charge < -0.3 is 4.74 Å². The second kappa shape index (κ2) is 9.26. The van der Waals surface area contributed by atoms with Crippen LogP contribution in [0.15, 0.2) is 58.7 Å². The fraction of sp³-hybridized carbons (Fsp3) is 0.435. The minimum Gasteiger partial charge on any atom is -0.443 e. The highest BCUT2D eigenvalue weighted by atomic mass is 16.6. The molecule has 0 aromatic heterocycles. The lowest BCUT2D eigenvalue weighted by molar-refractivity contribution is -0.159. The maximum Gasteiger partial charge on any atom is 0.414 e. The topological polar surface area (TPSA) is 82.4 Å². The van der Waals surface area contributed by atoms with Gasteiger partial charge in [0, 0.05) is 19.3 Å². The number of amides is 2. The zero-order chi connectivity index (χ0) is 21.7. The van der Waals surface area contributed by atoms with E-state index in [1.807, 2.05) is 57.3 Å². The summed E-state index contributed by atoms with van der Waals surface area (Å²) in [6.07, 6.45) is 5.50. The van der Waals surface area contributed by atoms with Crippen LogP contribution in [0.5, 0.6) is 0 Å². The number of dihydropyridines is 1. The summed E-state index contributed by atoms with van der Waals surface area (Å²) in [5.41, 5.74) is 2.47. The molecule has 0 spiro atoms. The lowest BCUT2D eigenvalue weighted by Gasteiger charge is -2.29. The summed E-state index contributed by atoms with van der Waals surface area (Å²) in [5, 5.41) is 10.9. The van der Waals surface area contributed by atoms with E-state index in [1.54, 1.807) is 11.0 Å². The molecule has 1 aromatic carbocycles. The molecule has 0 radical (unpaired) electrons. The van der Waals surface area contributed by atoms with Gasteiger partial charge in [-0.25, -0.2) is 9.86 Å². The molecule has 0 unspecified atom stereocenters. The van der Waals surface area contributed by atoms with E-state index in [1.165, 1.54) is 0 Å². The first-order valence-electron chi connectivity index (χ1n) is 10.2. The van der Waals surface area contributed by atoms with Gasteiger partial charge in [-0.3, -0.25) is 19.9 Å². The van der Waals surface area contributed by atoms with Crippen molar-refractivity contribution in [1.82, 2.24) is 9.96 Å². The van der Waals surface area contributed by atoms with Crippen molar-refractivity contribution in [2.75, 3.05) is 13.1 Å². The van der Waals surface area contributed by atoms with Crippen molar-refractivity contribution in [3.63, 3.8) is 0 Å². The second-order valence-corrected chi connectivity index (χ2v) is 8.47. The van der Waals surface area contributed by atoms with Crippen molar-refractivity contribution >= 4 is 17.7 Å². The van der Waals surface area contributed by atoms with Gasteiger partial charge in [0.1, 0.15) is 11.3 Å². The molecule has 0 atom stereocenters.